The lowest BCUT2D eigenvalue weighted by molar-refractivity contribution is -0.125. The molecule has 0 bridgehead atoms. The first-order valence-electron chi connectivity index (χ1n) is 4.36. The number of carbonyl (C=O) groups is 1. The minimum absolute atomic E-state index is 0.00314. The van der Waals surface area contributed by atoms with Crippen molar-refractivity contribution >= 4 is 17.5 Å². The summed E-state index contributed by atoms with van der Waals surface area (Å²) >= 11 is 5.62. The standard InChI is InChI=1S/C10H12ClNO3/c11-5-8-1-3-9(4-2-8)15-7-14-6-10(12)13/h1-4H,5-7H2,(H2,12,13). The molecule has 0 saturated carbocycles. The first kappa shape index (κ1) is 11.8. The van der Waals surface area contributed by atoms with Crippen LogP contribution in [0.25, 0.3) is 0 Å². The van der Waals surface area contributed by atoms with Crippen LogP contribution < -0.4 is 10.5 Å². The van der Waals surface area contributed by atoms with Crippen molar-refractivity contribution in [2.45, 2.75) is 5.88 Å². The van der Waals surface area contributed by atoms with Crippen LogP contribution in [0.2, 0.25) is 0 Å². The number of primary amides is 1. The maximum absolute atomic E-state index is 10.3. The van der Waals surface area contributed by atoms with Gasteiger partial charge in [-0.2, -0.15) is 0 Å². The van der Waals surface area contributed by atoms with Crippen LogP contribution in [-0.4, -0.2) is 19.3 Å². The highest BCUT2D eigenvalue weighted by Crippen LogP contribution is 2.13. The van der Waals surface area contributed by atoms with Crippen molar-refractivity contribution in [3.8, 4) is 5.75 Å². The summed E-state index contributed by atoms with van der Waals surface area (Å²) < 4.78 is 10.0. The van der Waals surface area contributed by atoms with Gasteiger partial charge in [-0.15, -0.1) is 11.6 Å². The third-order valence-electron chi connectivity index (χ3n) is 1.63. The summed E-state index contributed by atoms with van der Waals surface area (Å²) in [5.41, 5.74) is 5.89. The van der Waals surface area contributed by atoms with Gasteiger partial charge in [0.05, 0.1) is 0 Å². The van der Waals surface area contributed by atoms with Crippen molar-refractivity contribution in [1.29, 1.82) is 0 Å². The van der Waals surface area contributed by atoms with E-state index in [9.17, 15) is 4.79 Å². The van der Waals surface area contributed by atoms with Gasteiger partial charge < -0.3 is 15.2 Å². The molecule has 1 aromatic rings. The van der Waals surface area contributed by atoms with Crippen LogP contribution in [0.15, 0.2) is 24.3 Å². The predicted molar refractivity (Wildman–Crippen MR) is 56.6 cm³/mol. The molecule has 82 valence electrons. The summed E-state index contributed by atoms with van der Waals surface area (Å²) in [5, 5.41) is 0. The van der Waals surface area contributed by atoms with Crippen LogP contribution in [0.5, 0.6) is 5.75 Å². The average Bonchev–Trinajstić information content (AvgIpc) is 2.25. The van der Waals surface area contributed by atoms with Gasteiger partial charge in [-0.1, -0.05) is 12.1 Å². The fourth-order valence-corrected chi connectivity index (χ4v) is 1.10. The molecule has 2 N–H and O–H groups in total. The molecular weight excluding hydrogens is 218 g/mol. The van der Waals surface area contributed by atoms with E-state index in [0.717, 1.165) is 5.56 Å². The normalized spacial score (nSPS) is 9.93. The van der Waals surface area contributed by atoms with E-state index in [1.165, 1.54) is 0 Å². The summed E-state index contributed by atoms with van der Waals surface area (Å²) in [6, 6.07) is 7.28. The molecule has 0 aliphatic rings. The van der Waals surface area contributed by atoms with E-state index in [4.69, 9.17) is 26.8 Å². The molecule has 0 heterocycles. The SMILES string of the molecule is NC(=O)COCOc1ccc(CCl)cc1. The highest BCUT2D eigenvalue weighted by atomic mass is 35.5. The number of amides is 1. The van der Waals surface area contributed by atoms with Crippen molar-refractivity contribution < 1.29 is 14.3 Å². The average molecular weight is 230 g/mol. The van der Waals surface area contributed by atoms with E-state index in [0.29, 0.717) is 11.6 Å². The smallest absolute Gasteiger partial charge is 0.243 e. The van der Waals surface area contributed by atoms with Crippen molar-refractivity contribution in [1.82, 2.24) is 0 Å². The second-order valence-electron chi connectivity index (χ2n) is 2.85. The maximum atomic E-state index is 10.3. The van der Waals surface area contributed by atoms with E-state index in [2.05, 4.69) is 0 Å². The van der Waals surface area contributed by atoms with Crippen molar-refractivity contribution in [2.24, 2.45) is 5.73 Å². The Kier molecular flexibility index (Phi) is 4.93. The number of nitrogens with two attached hydrogens (primary N) is 1. The second kappa shape index (κ2) is 6.27. The number of hydrogen-bond donors (Lipinski definition) is 1. The Hall–Kier alpha value is -1.26. The van der Waals surface area contributed by atoms with Gasteiger partial charge in [0, 0.05) is 5.88 Å². The van der Waals surface area contributed by atoms with Crippen LogP contribution in [0.1, 0.15) is 5.56 Å². The molecular formula is C10H12ClNO3. The van der Waals surface area contributed by atoms with Crippen LogP contribution in [-0.2, 0) is 15.4 Å². The minimum Gasteiger partial charge on any atom is -0.468 e. The van der Waals surface area contributed by atoms with Crippen LogP contribution >= 0.6 is 11.6 Å². The van der Waals surface area contributed by atoms with Crippen molar-refractivity contribution in [3.05, 3.63) is 29.8 Å². The van der Waals surface area contributed by atoms with Gasteiger partial charge in [0.1, 0.15) is 12.4 Å². The molecule has 1 aromatic carbocycles. The number of rotatable bonds is 6. The molecule has 0 radical (unpaired) electrons. The minimum atomic E-state index is -0.518. The second-order valence-corrected chi connectivity index (χ2v) is 3.12. The Bertz CT molecular complexity index is 313. The molecule has 0 spiro atoms. The Labute approximate surface area is 92.9 Å². The van der Waals surface area contributed by atoms with Gasteiger partial charge in [0.15, 0.2) is 6.79 Å². The molecule has 4 nitrogen and oxygen atoms in total. The molecule has 0 unspecified atom stereocenters. The molecule has 0 fully saturated rings. The van der Waals surface area contributed by atoms with E-state index in [-0.39, 0.29) is 13.4 Å². The predicted octanol–water partition coefficient (Wildman–Crippen LogP) is 1.26. The first-order chi connectivity index (χ1) is 7.22. The Morgan fingerprint density at radius 3 is 2.53 bits per heavy atom. The zero-order valence-corrected chi connectivity index (χ0v) is 8.87. The van der Waals surface area contributed by atoms with Gasteiger partial charge in [-0.05, 0) is 17.7 Å². The van der Waals surface area contributed by atoms with E-state index in [1.807, 2.05) is 12.1 Å². The van der Waals surface area contributed by atoms with Gasteiger partial charge >= 0.3 is 0 Å². The highest BCUT2D eigenvalue weighted by molar-refractivity contribution is 6.17. The van der Waals surface area contributed by atoms with Gasteiger partial charge in [0.2, 0.25) is 5.91 Å². The first-order valence-corrected chi connectivity index (χ1v) is 4.89. The summed E-state index contributed by atoms with van der Waals surface area (Å²) in [6.45, 7) is -0.136. The zero-order chi connectivity index (χ0) is 11.1. The topological polar surface area (TPSA) is 61.6 Å². The third-order valence-corrected chi connectivity index (χ3v) is 1.94. The largest absolute Gasteiger partial charge is 0.468 e. The Morgan fingerprint density at radius 1 is 1.33 bits per heavy atom. The fourth-order valence-electron chi connectivity index (χ4n) is 0.927. The van der Waals surface area contributed by atoms with E-state index in [1.54, 1.807) is 12.1 Å². The van der Waals surface area contributed by atoms with Crippen LogP contribution in [0.4, 0.5) is 0 Å². The number of halogens is 1. The molecule has 1 rings (SSSR count). The van der Waals surface area contributed by atoms with Gasteiger partial charge in [-0.25, -0.2) is 0 Å². The molecule has 0 aromatic heterocycles. The third kappa shape index (κ3) is 4.67. The lowest BCUT2D eigenvalue weighted by atomic mass is 10.2. The molecule has 15 heavy (non-hydrogen) atoms. The van der Waals surface area contributed by atoms with Gasteiger partial charge in [-0.3, -0.25) is 4.79 Å². The van der Waals surface area contributed by atoms with Crippen molar-refractivity contribution in [2.75, 3.05) is 13.4 Å². The van der Waals surface area contributed by atoms with Crippen molar-refractivity contribution in [3.63, 3.8) is 0 Å². The van der Waals surface area contributed by atoms with E-state index < -0.39 is 5.91 Å². The summed E-state index contributed by atoms with van der Waals surface area (Å²) in [5.74, 6) is 0.614. The van der Waals surface area contributed by atoms with E-state index >= 15 is 0 Å². The zero-order valence-electron chi connectivity index (χ0n) is 8.11. The monoisotopic (exact) mass is 229 g/mol. The number of carbonyl (C=O) groups excluding carboxylic acids is 1. The molecule has 0 aliphatic heterocycles. The van der Waals surface area contributed by atoms with Crippen LogP contribution in [0.3, 0.4) is 0 Å². The summed E-state index contributed by atoms with van der Waals surface area (Å²) in [4.78, 5) is 10.3. The number of hydrogen-bond acceptors (Lipinski definition) is 3. The number of benzene rings is 1. The molecule has 0 saturated heterocycles. The maximum Gasteiger partial charge on any atom is 0.243 e. The lowest BCUT2D eigenvalue weighted by Crippen LogP contribution is -2.19. The number of alkyl halides is 1. The molecule has 5 heteroatoms. The Morgan fingerprint density at radius 2 is 2.00 bits per heavy atom. The summed E-state index contributed by atoms with van der Waals surface area (Å²) in [6.07, 6.45) is 0. The fraction of sp³-hybridized carbons (Fsp3) is 0.300. The molecule has 0 atom stereocenters. The van der Waals surface area contributed by atoms with Gasteiger partial charge in [0.25, 0.3) is 0 Å². The number of ether oxygens (including phenoxy) is 2. The van der Waals surface area contributed by atoms with Crippen LogP contribution in [0, 0.1) is 0 Å². The molecule has 1 amide bonds. The highest BCUT2D eigenvalue weighted by Gasteiger charge is 1.96. The Balaban J connectivity index is 2.28. The lowest BCUT2D eigenvalue weighted by Gasteiger charge is -2.06. The quantitative estimate of drug-likeness (QED) is 0.454. The molecule has 0 aliphatic carbocycles. The summed E-state index contributed by atoms with van der Waals surface area (Å²) in [7, 11) is 0.